The smallest absolute Gasteiger partial charge is 0.337 e. The Balaban J connectivity index is 1.37. The standard InChI is InChI=1S/C27H21Cl2N3O5/c1-37-27(36)18-6-4-7-20(13-18)31-24(33)17-11-9-16(10-12-17)14-30-23-22(29)25(34)32(26(23)35)15-19-5-2-3-8-21(19)28/h2-13,30H,14-15H2,1H3,(H,31,33). The van der Waals surface area contributed by atoms with Gasteiger partial charge in [0.2, 0.25) is 0 Å². The molecule has 0 aromatic heterocycles. The van der Waals surface area contributed by atoms with Crippen LogP contribution in [0.1, 0.15) is 31.8 Å². The number of rotatable bonds is 8. The van der Waals surface area contributed by atoms with Crippen LogP contribution in [0.25, 0.3) is 0 Å². The average Bonchev–Trinajstić information content (AvgIpc) is 3.11. The van der Waals surface area contributed by atoms with Crippen molar-refractivity contribution >= 4 is 52.6 Å². The first-order valence-corrected chi connectivity index (χ1v) is 11.9. The number of amides is 3. The van der Waals surface area contributed by atoms with Crippen LogP contribution < -0.4 is 10.6 Å². The molecule has 0 saturated heterocycles. The number of hydrogen-bond donors (Lipinski definition) is 2. The lowest BCUT2D eigenvalue weighted by molar-refractivity contribution is -0.138. The molecule has 0 aliphatic carbocycles. The summed E-state index contributed by atoms with van der Waals surface area (Å²) in [6, 6.07) is 20.0. The number of halogens is 2. The van der Waals surface area contributed by atoms with Crippen molar-refractivity contribution < 1.29 is 23.9 Å². The number of carbonyl (C=O) groups is 4. The Morgan fingerprint density at radius 3 is 2.32 bits per heavy atom. The van der Waals surface area contributed by atoms with E-state index >= 15 is 0 Å². The second-order valence-electron chi connectivity index (χ2n) is 8.05. The molecule has 0 fully saturated rings. The molecule has 37 heavy (non-hydrogen) atoms. The van der Waals surface area contributed by atoms with Gasteiger partial charge in [0.05, 0.1) is 19.2 Å². The van der Waals surface area contributed by atoms with Crippen molar-refractivity contribution in [3.63, 3.8) is 0 Å². The fourth-order valence-corrected chi connectivity index (χ4v) is 4.09. The van der Waals surface area contributed by atoms with Crippen LogP contribution in [0.5, 0.6) is 0 Å². The van der Waals surface area contributed by atoms with Gasteiger partial charge in [0.25, 0.3) is 17.7 Å². The second kappa shape index (κ2) is 11.3. The normalized spacial score (nSPS) is 13.1. The Hall–Kier alpha value is -4.14. The molecule has 188 valence electrons. The van der Waals surface area contributed by atoms with Crippen LogP contribution in [0.4, 0.5) is 5.69 Å². The summed E-state index contributed by atoms with van der Waals surface area (Å²) in [6.45, 7) is 0.207. The highest BCUT2D eigenvalue weighted by atomic mass is 35.5. The Morgan fingerprint density at radius 1 is 0.892 bits per heavy atom. The Bertz CT molecular complexity index is 1420. The molecular weight excluding hydrogens is 517 g/mol. The van der Waals surface area contributed by atoms with E-state index in [1.54, 1.807) is 66.7 Å². The number of methoxy groups -OCH3 is 1. The summed E-state index contributed by atoms with van der Waals surface area (Å²) >= 11 is 12.3. The third-order valence-electron chi connectivity index (χ3n) is 5.62. The summed E-state index contributed by atoms with van der Waals surface area (Å²) in [7, 11) is 1.28. The molecular formula is C27H21Cl2N3O5. The molecule has 0 radical (unpaired) electrons. The predicted octanol–water partition coefficient (Wildman–Crippen LogP) is 4.49. The zero-order chi connectivity index (χ0) is 26.5. The van der Waals surface area contributed by atoms with Crippen molar-refractivity contribution in [2.45, 2.75) is 13.1 Å². The van der Waals surface area contributed by atoms with E-state index in [4.69, 9.17) is 27.9 Å². The van der Waals surface area contributed by atoms with Crippen LogP contribution in [0, 0.1) is 0 Å². The van der Waals surface area contributed by atoms with Crippen molar-refractivity contribution in [3.05, 3.63) is 111 Å². The fraction of sp³-hybridized carbons (Fsp3) is 0.111. The molecule has 3 aromatic rings. The van der Waals surface area contributed by atoms with Crippen LogP contribution in [0.3, 0.4) is 0 Å². The molecule has 2 N–H and O–H groups in total. The van der Waals surface area contributed by atoms with Gasteiger partial charge in [-0.25, -0.2) is 4.79 Å². The van der Waals surface area contributed by atoms with Crippen LogP contribution >= 0.6 is 23.2 Å². The molecule has 0 saturated carbocycles. The van der Waals surface area contributed by atoms with E-state index in [2.05, 4.69) is 10.6 Å². The molecule has 1 aliphatic heterocycles. The number of nitrogens with zero attached hydrogens (tertiary/aromatic N) is 1. The molecule has 8 nitrogen and oxygen atoms in total. The molecule has 0 spiro atoms. The van der Waals surface area contributed by atoms with Gasteiger partial charge in [-0.15, -0.1) is 0 Å². The zero-order valence-electron chi connectivity index (χ0n) is 19.6. The van der Waals surface area contributed by atoms with Crippen molar-refractivity contribution in [2.75, 3.05) is 12.4 Å². The minimum absolute atomic E-state index is 0.00504. The summed E-state index contributed by atoms with van der Waals surface area (Å²) in [5, 5.41) is 5.91. The van der Waals surface area contributed by atoms with Crippen molar-refractivity contribution in [2.24, 2.45) is 0 Å². The largest absolute Gasteiger partial charge is 0.465 e. The number of nitrogens with one attached hydrogen (secondary N) is 2. The van der Waals surface area contributed by atoms with Gasteiger partial charge < -0.3 is 15.4 Å². The zero-order valence-corrected chi connectivity index (χ0v) is 21.1. The Morgan fingerprint density at radius 2 is 1.62 bits per heavy atom. The minimum atomic E-state index is -0.600. The maximum Gasteiger partial charge on any atom is 0.337 e. The van der Waals surface area contributed by atoms with Gasteiger partial charge in [0.15, 0.2) is 0 Å². The third kappa shape index (κ3) is 5.82. The monoisotopic (exact) mass is 537 g/mol. The molecule has 4 rings (SSSR count). The molecule has 0 bridgehead atoms. The number of carbonyl (C=O) groups excluding carboxylic acids is 4. The topological polar surface area (TPSA) is 105 Å². The van der Waals surface area contributed by atoms with Gasteiger partial charge >= 0.3 is 5.97 Å². The highest BCUT2D eigenvalue weighted by molar-refractivity contribution is 6.47. The van der Waals surface area contributed by atoms with Gasteiger partial charge in [-0.2, -0.15) is 0 Å². The second-order valence-corrected chi connectivity index (χ2v) is 8.84. The van der Waals surface area contributed by atoms with Gasteiger partial charge in [0.1, 0.15) is 10.7 Å². The first-order valence-electron chi connectivity index (χ1n) is 11.1. The molecule has 0 unspecified atom stereocenters. The lowest BCUT2D eigenvalue weighted by Crippen LogP contribution is -2.33. The molecule has 3 amide bonds. The third-order valence-corrected chi connectivity index (χ3v) is 6.34. The number of ether oxygens (including phenoxy) is 1. The van der Waals surface area contributed by atoms with E-state index in [-0.39, 0.29) is 29.7 Å². The SMILES string of the molecule is COC(=O)c1cccc(NC(=O)c2ccc(CNC3=C(Cl)C(=O)N(Cc4ccccc4Cl)C3=O)cc2)c1. The molecule has 1 heterocycles. The first kappa shape index (κ1) is 25.9. The Kier molecular flexibility index (Phi) is 7.91. The first-order chi connectivity index (χ1) is 17.8. The van der Waals surface area contributed by atoms with Gasteiger partial charge in [0, 0.05) is 22.8 Å². The fourth-order valence-electron chi connectivity index (χ4n) is 3.65. The molecule has 0 atom stereocenters. The van der Waals surface area contributed by atoms with E-state index in [9.17, 15) is 19.2 Å². The maximum absolute atomic E-state index is 12.8. The van der Waals surface area contributed by atoms with Gasteiger partial charge in [-0.1, -0.05) is 59.6 Å². The highest BCUT2D eigenvalue weighted by Crippen LogP contribution is 2.26. The van der Waals surface area contributed by atoms with Gasteiger partial charge in [-0.05, 0) is 47.5 Å². The minimum Gasteiger partial charge on any atom is -0.465 e. The summed E-state index contributed by atoms with van der Waals surface area (Å²) in [6.07, 6.45) is 0. The van der Waals surface area contributed by atoms with E-state index < -0.39 is 17.8 Å². The molecule has 10 heteroatoms. The lowest BCUT2D eigenvalue weighted by Gasteiger charge is -2.16. The number of anilines is 1. The quantitative estimate of drug-likeness (QED) is 0.324. The van der Waals surface area contributed by atoms with Crippen LogP contribution in [0.2, 0.25) is 5.02 Å². The predicted molar refractivity (Wildman–Crippen MR) is 139 cm³/mol. The van der Waals surface area contributed by atoms with Crippen molar-refractivity contribution in [3.8, 4) is 0 Å². The summed E-state index contributed by atoms with van der Waals surface area (Å²) in [5.74, 6) is -2.01. The van der Waals surface area contributed by atoms with E-state index in [0.29, 0.717) is 27.4 Å². The number of benzene rings is 3. The number of hydrogen-bond acceptors (Lipinski definition) is 6. The number of esters is 1. The summed E-state index contributed by atoms with van der Waals surface area (Å²) in [5.41, 5.74) is 2.55. The Labute approximate surface area is 222 Å². The van der Waals surface area contributed by atoms with Crippen LogP contribution in [0.15, 0.2) is 83.5 Å². The van der Waals surface area contributed by atoms with Crippen molar-refractivity contribution in [1.29, 1.82) is 0 Å². The highest BCUT2D eigenvalue weighted by Gasteiger charge is 2.37. The van der Waals surface area contributed by atoms with Crippen molar-refractivity contribution in [1.82, 2.24) is 10.2 Å². The summed E-state index contributed by atoms with van der Waals surface area (Å²) in [4.78, 5) is 50.7. The summed E-state index contributed by atoms with van der Waals surface area (Å²) < 4.78 is 4.69. The lowest BCUT2D eigenvalue weighted by atomic mass is 10.1. The van der Waals surface area contributed by atoms with E-state index in [1.807, 2.05) is 0 Å². The maximum atomic E-state index is 12.8. The average molecular weight is 538 g/mol. The molecule has 3 aromatic carbocycles. The number of imide groups is 1. The van der Waals surface area contributed by atoms with Crippen LogP contribution in [-0.2, 0) is 27.4 Å². The van der Waals surface area contributed by atoms with E-state index in [1.165, 1.54) is 13.2 Å². The van der Waals surface area contributed by atoms with Gasteiger partial charge in [-0.3, -0.25) is 19.3 Å². The van der Waals surface area contributed by atoms with E-state index in [0.717, 1.165) is 10.5 Å². The molecule has 1 aliphatic rings. The van der Waals surface area contributed by atoms with Crippen LogP contribution in [-0.4, -0.2) is 35.7 Å².